The zero-order valence-electron chi connectivity index (χ0n) is 11.6. The molecule has 0 radical (unpaired) electrons. The summed E-state index contributed by atoms with van der Waals surface area (Å²) in [7, 11) is 2.06. The highest BCUT2D eigenvalue weighted by molar-refractivity contribution is 7.09. The molecule has 3 nitrogen and oxygen atoms in total. The third-order valence-corrected chi connectivity index (χ3v) is 4.08. The SMILES string of the molecule is Cc1nc(-c2cccc(NCc3cccn3C)c2)cs1. The van der Waals surface area contributed by atoms with E-state index in [2.05, 4.69) is 69.9 Å². The largest absolute Gasteiger partial charge is 0.379 e. The summed E-state index contributed by atoms with van der Waals surface area (Å²) in [6.07, 6.45) is 2.06. The molecule has 1 aromatic carbocycles. The first kappa shape index (κ1) is 12.9. The van der Waals surface area contributed by atoms with Crippen LogP contribution in [0.15, 0.2) is 48.0 Å². The Hall–Kier alpha value is -2.07. The van der Waals surface area contributed by atoms with Crippen LogP contribution >= 0.6 is 11.3 Å². The standard InChI is InChI=1S/C16H17N3S/c1-12-18-16(11-20-12)13-5-3-6-14(9-13)17-10-15-7-4-8-19(15)2/h3-9,11,17H,10H2,1-2H3. The molecule has 0 aliphatic carbocycles. The van der Waals surface area contributed by atoms with Gasteiger partial charge in [-0.2, -0.15) is 0 Å². The monoisotopic (exact) mass is 283 g/mol. The van der Waals surface area contributed by atoms with Crippen molar-refractivity contribution in [3.05, 3.63) is 58.7 Å². The van der Waals surface area contributed by atoms with Gasteiger partial charge in [0.15, 0.2) is 0 Å². The van der Waals surface area contributed by atoms with E-state index >= 15 is 0 Å². The van der Waals surface area contributed by atoms with Crippen LogP contribution in [0.3, 0.4) is 0 Å². The fraction of sp³-hybridized carbons (Fsp3) is 0.188. The summed E-state index contributed by atoms with van der Waals surface area (Å²) in [5, 5.41) is 6.66. The van der Waals surface area contributed by atoms with Gasteiger partial charge in [0.2, 0.25) is 0 Å². The third kappa shape index (κ3) is 2.75. The Morgan fingerprint density at radius 1 is 1.25 bits per heavy atom. The number of nitrogens with zero attached hydrogens (tertiary/aromatic N) is 2. The van der Waals surface area contributed by atoms with Crippen molar-refractivity contribution in [2.45, 2.75) is 13.5 Å². The van der Waals surface area contributed by atoms with Crippen molar-refractivity contribution >= 4 is 17.0 Å². The van der Waals surface area contributed by atoms with Crippen LogP contribution < -0.4 is 5.32 Å². The van der Waals surface area contributed by atoms with Gasteiger partial charge in [0.25, 0.3) is 0 Å². The molecule has 3 aromatic rings. The summed E-state index contributed by atoms with van der Waals surface area (Å²) >= 11 is 1.68. The minimum atomic E-state index is 0.822. The second kappa shape index (κ2) is 5.51. The Kier molecular flexibility index (Phi) is 3.56. The van der Waals surface area contributed by atoms with Crippen LogP contribution in [0.5, 0.6) is 0 Å². The van der Waals surface area contributed by atoms with Gasteiger partial charge < -0.3 is 9.88 Å². The molecule has 2 aromatic heterocycles. The number of benzene rings is 1. The summed E-state index contributed by atoms with van der Waals surface area (Å²) in [6.45, 7) is 2.86. The number of anilines is 1. The lowest BCUT2D eigenvalue weighted by Crippen LogP contribution is -2.03. The van der Waals surface area contributed by atoms with Gasteiger partial charge in [-0.05, 0) is 31.2 Å². The molecule has 3 rings (SSSR count). The number of hydrogen-bond acceptors (Lipinski definition) is 3. The van der Waals surface area contributed by atoms with Gasteiger partial charge in [0.05, 0.1) is 17.2 Å². The van der Waals surface area contributed by atoms with Crippen LogP contribution in [0.25, 0.3) is 11.3 Å². The summed E-state index contributed by atoms with van der Waals surface area (Å²) in [6, 6.07) is 12.6. The third-order valence-electron chi connectivity index (χ3n) is 3.30. The van der Waals surface area contributed by atoms with Crippen LogP contribution in [-0.4, -0.2) is 9.55 Å². The number of aryl methyl sites for hydroxylation is 2. The summed E-state index contributed by atoms with van der Waals surface area (Å²) in [4.78, 5) is 4.53. The normalized spacial score (nSPS) is 10.7. The minimum absolute atomic E-state index is 0.822. The van der Waals surface area contributed by atoms with Crippen LogP contribution in [0.1, 0.15) is 10.7 Å². The van der Waals surface area contributed by atoms with E-state index in [0.717, 1.165) is 28.5 Å². The van der Waals surface area contributed by atoms with Crippen LogP contribution in [-0.2, 0) is 13.6 Å². The Morgan fingerprint density at radius 2 is 2.15 bits per heavy atom. The first-order valence-corrected chi connectivity index (χ1v) is 7.47. The highest BCUT2D eigenvalue weighted by atomic mass is 32.1. The molecule has 1 N–H and O–H groups in total. The zero-order chi connectivity index (χ0) is 13.9. The van der Waals surface area contributed by atoms with Crippen molar-refractivity contribution in [2.75, 3.05) is 5.32 Å². The molecule has 0 atom stereocenters. The van der Waals surface area contributed by atoms with E-state index < -0.39 is 0 Å². The minimum Gasteiger partial charge on any atom is -0.379 e. The maximum Gasteiger partial charge on any atom is 0.0901 e. The number of hydrogen-bond donors (Lipinski definition) is 1. The maximum atomic E-state index is 4.53. The first-order chi connectivity index (χ1) is 9.72. The highest BCUT2D eigenvalue weighted by Gasteiger charge is 2.03. The van der Waals surface area contributed by atoms with E-state index in [1.807, 2.05) is 6.92 Å². The Bertz CT molecular complexity index is 712. The average Bonchev–Trinajstić information content (AvgIpc) is 3.06. The zero-order valence-corrected chi connectivity index (χ0v) is 12.4. The van der Waals surface area contributed by atoms with E-state index in [-0.39, 0.29) is 0 Å². The van der Waals surface area contributed by atoms with E-state index in [1.165, 1.54) is 5.69 Å². The molecule has 2 heterocycles. The van der Waals surface area contributed by atoms with Gasteiger partial charge >= 0.3 is 0 Å². The van der Waals surface area contributed by atoms with Crippen molar-refractivity contribution in [3.8, 4) is 11.3 Å². The Balaban J connectivity index is 1.76. The predicted octanol–water partition coefficient (Wildman–Crippen LogP) is 4.07. The second-order valence-electron chi connectivity index (χ2n) is 4.80. The molecule has 0 amide bonds. The van der Waals surface area contributed by atoms with Gasteiger partial charge in [-0.3, -0.25) is 0 Å². The van der Waals surface area contributed by atoms with E-state index in [0.29, 0.717) is 0 Å². The first-order valence-electron chi connectivity index (χ1n) is 6.59. The van der Waals surface area contributed by atoms with Crippen molar-refractivity contribution in [1.82, 2.24) is 9.55 Å². The summed E-state index contributed by atoms with van der Waals surface area (Å²) in [5.74, 6) is 0. The predicted molar refractivity (Wildman–Crippen MR) is 85.0 cm³/mol. The molecule has 0 saturated carbocycles. The number of thiazole rings is 1. The lowest BCUT2D eigenvalue weighted by atomic mass is 10.1. The second-order valence-corrected chi connectivity index (χ2v) is 5.86. The van der Waals surface area contributed by atoms with Crippen LogP contribution in [0.2, 0.25) is 0 Å². The molecule has 20 heavy (non-hydrogen) atoms. The van der Waals surface area contributed by atoms with E-state index in [9.17, 15) is 0 Å². The van der Waals surface area contributed by atoms with Crippen LogP contribution in [0, 0.1) is 6.92 Å². The molecular weight excluding hydrogens is 266 g/mol. The van der Waals surface area contributed by atoms with Crippen molar-refractivity contribution in [3.63, 3.8) is 0 Å². The van der Waals surface area contributed by atoms with Crippen molar-refractivity contribution in [2.24, 2.45) is 7.05 Å². The fourth-order valence-corrected chi connectivity index (χ4v) is 2.78. The molecular formula is C16H17N3S. The highest BCUT2D eigenvalue weighted by Crippen LogP contribution is 2.24. The topological polar surface area (TPSA) is 29.9 Å². The number of nitrogens with one attached hydrogen (secondary N) is 1. The molecule has 0 bridgehead atoms. The molecule has 0 aliphatic heterocycles. The Morgan fingerprint density at radius 3 is 2.85 bits per heavy atom. The summed E-state index contributed by atoms with van der Waals surface area (Å²) < 4.78 is 2.13. The summed E-state index contributed by atoms with van der Waals surface area (Å²) in [5.41, 5.74) is 4.59. The van der Waals surface area contributed by atoms with E-state index in [1.54, 1.807) is 11.3 Å². The molecule has 0 spiro atoms. The lowest BCUT2D eigenvalue weighted by molar-refractivity contribution is 0.842. The lowest BCUT2D eigenvalue weighted by Gasteiger charge is -2.08. The molecule has 4 heteroatoms. The number of rotatable bonds is 4. The van der Waals surface area contributed by atoms with Gasteiger partial charge in [0.1, 0.15) is 0 Å². The molecule has 0 saturated heterocycles. The van der Waals surface area contributed by atoms with E-state index in [4.69, 9.17) is 0 Å². The molecule has 0 fully saturated rings. The maximum absolute atomic E-state index is 4.53. The van der Waals surface area contributed by atoms with Gasteiger partial charge in [-0.1, -0.05) is 12.1 Å². The quantitative estimate of drug-likeness (QED) is 0.782. The van der Waals surface area contributed by atoms with Crippen molar-refractivity contribution in [1.29, 1.82) is 0 Å². The average molecular weight is 283 g/mol. The smallest absolute Gasteiger partial charge is 0.0901 e. The number of aromatic nitrogens is 2. The van der Waals surface area contributed by atoms with Crippen LogP contribution in [0.4, 0.5) is 5.69 Å². The van der Waals surface area contributed by atoms with Gasteiger partial charge in [-0.25, -0.2) is 4.98 Å². The Labute approximate surface area is 122 Å². The van der Waals surface area contributed by atoms with Gasteiger partial charge in [-0.15, -0.1) is 11.3 Å². The van der Waals surface area contributed by atoms with Crippen molar-refractivity contribution < 1.29 is 0 Å². The molecule has 0 unspecified atom stereocenters. The molecule has 102 valence electrons. The fourth-order valence-electron chi connectivity index (χ4n) is 2.16. The molecule has 0 aliphatic rings. The van der Waals surface area contributed by atoms with Gasteiger partial charge in [0, 0.05) is 35.6 Å².